The van der Waals surface area contributed by atoms with E-state index in [9.17, 15) is 109 Å². The van der Waals surface area contributed by atoms with E-state index in [1.165, 1.54) is 50.2 Å². The molecular formula is C71H31N27O22-6. The van der Waals surface area contributed by atoms with E-state index in [4.69, 9.17) is 0 Å². The highest BCUT2D eigenvalue weighted by molar-refractivity contribution is 6.01. The summed E-state index contributed by atoms with van der Waals surface area (Å²) in [6, 6.07) is 23.7. The van der Waals surface area contributed by atoms with Gasteiger partial charge in [-0.15, -0.1) is 122 Å². The third-order valence-electron chi connectivity index (χ3n) is 16.2. The number of carboxylic acid groups (broad SMARTS) is 10. The first-order valence-electron chi connectivity index (χ1n) is 32.8. The highest BCUT2D eigenvalue weighted by atomic mass is 16.4. The van der Waals surface area contributed by atoms with Crippen LogP contribution in [0.1, 0.15) is 138 Å². The molecule has 4 N–H and O–H groups in total. The van der Waals surface area contributed by atoms with Gasteiger partial charge in [0, 0.05) is 61.2 Å². The minimum Gasteiger partial charge on any atom is -0.545 e. The van der Waals surface area contributed by atoms with Gasteiger partial charge in [-0.2, -0.15) is 0 Å². The molecular weight excluding hydrogens is 1580 g/mol. The summed E-state index contributed by atoms with van der Waals surface area (Å²) in [5.74, 6) is -20.8. The van der Waals surface area contributed by atoms with Gasteiger partial charge in [-0.1, -0.05) is 0 Å². The molecule has 0 atom stereocenters. The molecule has 0 saturated heterocycles. The summed E-state index contributed by atoms with van der Waals surface area (Å²) in [6.07, 6.45) is 0. The molecule has 0 unspecified atom stereocenters. The molecule has 7 heterocycles. The van der Waals surface area contributed by atoms with E-state index in [-0.39, 0.29) is 131 Å². The van der Waals surface area contributed by atoms with Crippen LogP contribution in [-0.2, 0) is 0 Å². The van der Waals surface area contributed by atoms with E-state index in [0.717, 1.165) is 91.0 Å². The number of aromatic carboxylic acids is 10. The second-order valence-corrected chi connectivity index (χ2v) is 24.2. The lowest BCUT2D eigenvalue weighted by atomic mass is 10.0. The topological polar surface area (TPSA) is 772 Å². The highest BCUT2D eigenvalue weighted by Gasteiger charge is 2.25. The van der Waals surface area contributed by atoms with Crippen molar-refractivity contribution >= 4 is 71.3 Å². The maximum atomic E-state index is 12.1. The zero-order chi connectivity index (χ0) is 85.7. The first-order valence-corrected chi connectivity index (χ1v) is 32.8. The molecule has 7 aromatic carbocycles. The summed E-state index contributed by atoms with van der Waals surface area (Å²) in [6.45, 7) is 2.45. The number of rotatable bonds is 24. The van der Waals surface area contributed by atoms with Crippen LogP contribution in [0, 0.1) is 0 Å². The lowest BCUT2D eigenvalue weighted by Crippen LogP contribution is -2.22. The molecule has 0 fully saturated rings. The van der Waals surface area contributed by atoms with Gasteiger partial charge in [0.15, 0.2) is 11.6 Å². The first kappa shape index (κ1) is 79.3. The Hall–Kier alpha value is -18.8. The quantitative estimate of drug-likeness (QED) is 0.0425. The molecule has 14 aromatic rings. The SMILES string of the molecule is CC(=O)c1cc(C(=O)[O-])cc(-c2nnc(-c3cc(-c4nnc(-c5cc(C(=O)[O-])cc(C(=O)O)c5)nn4)cc(-c4nnc(-c5cc(C(=O)[O-])cc(C(=O)O)c5)nn4)c3)nn2)c1.CC(=O)c1cc(C(=O)[O-])cc(-c2nnc(-c3nc(-c4nnc(-c5cc(C(=O)[O-])cc(C(=O)O)c5)nn4)nc(-c4nnc(-c5cc(C(=O)[O-])cc(C(=O)O)c5)nn4)n3)nn2)c1. The van der Waals surface area contributed by atoms with Gasteiger partial charge in [-0.3, -0.25) is 9.59 Å². The average Bonchev–Trinajstić information content (AvgIpc) is 0.785. The molecule has 0 radical (unpaired) electrons. The molecule has 0 saturated carbocycles. The van der Waals surface area contributed by atoms with Crippen molar-refractivity contribution in [1.82, 2.24) is 137 Å². The van der Waals surface area contributed by atoms with Gasteiger partial charge in [0.1, 0.15) is 0 Å². The molecule has 0 aliphatic carbocycles. The van der Waals surface area contributed by atoms with Crippen molar-refractivity contribution in [1.29, 1.82) is 0 Å². The van der Waals surface area contributed by atoms with Gasteiger partial charge in [-0.05, 0) is 175 Å². The molecule has 0 aliphatic rings. The summed E-state index contributed by atoms with van der Waals surface area (Å²) in [5.41, 5.74) is -3.82. The standard InChI is InChI=1S/C37H20N12O11.C34H17N15O11/c1-14(50)15-2-16(7-22(3-15)33(51)52)27-38-40-28(41-39-27)17-4-18(29-42-46-31(47-43-29)20-8-23(34(53)54)12-24(9-20)35(55)56)6-19(5-17)30-44-48-32(49-45-30)21-10-25(36(57)58)13-26(11-21)37(59)60;1-11(50)12-2-13(4-16(3-12)30(51)52)21-38-44-27(45-39-21)24-35-25(28-46-40-22(41-47-28)14-5-17(31(53)54)9-18(6-14)32(55)56)37-26(36-24)29-48-42-23(43-49-29)15-7-19(33(57)58)10-20(8-15)34(59)60/h2-13H,1H3,(H,51,52)(H,53,54)(H,55,56)(H,57,58)(H,59,60);2-10H,1H3,(H,51,52)(H,53,54)(H,55,56)(H,57,58)(H,59,60)/p-6. The largest absolute Gasteiger partial charge is 0.545 e. The Morgan fingerprint density at radius 1 is 0.175 bits per heavy atom. The predicted molar refractivity (Wildman–Crippen MR) is 372 cm³/mol. The fraction of sp³-hybridized carbons (Fsp3) is 0.0282. The number of carbonyl (C=O) groups is 12. The number of hydrogen-bond acceptors (Lipinski definition) is 45. The lowest BCUT2D eigenvalue weighted by molar-refractivity contribution is -0.256. The van der Waals surface area contributed by atoms with Crippen molar-refractivity contribution < 1.29 is 109 Å². The monoisotopic (exact) mass is 1610 g/mol. The Kier molecular flexibility index (Phi) is 21.7. The van der Waals surface area contributed by atoms with E-state index < -0.39 is 145 Å². The first-order chi connectivity index (χ1) is 57.3. The number of carbonyl (C=O) groups excluding carboxylic acids is 8. The second kappa shape index (κ2) is 32.9. The summed E-state index contributed by atoms with van der Waals surface area (Å²) < 4.78 is 0. The van der Waals surface area contributed by atoms with Crippen molar-refractivity contribution in [2.45, 2.75) is 13.8 Å². The van der Waals surface area contributed by atoms with Crippen molar-refractivity contribution in [3.63, 3.8) is 0 Å². The zero-order valence-corrected chi connectivity index (χ0v) is 59.3. The van der Waals surface area contributed by atoms with Crippen LogP contribution in [0.4, 0.5) is 0 Å². The third kappa shape index (κ3) is 17.6. The van der Waals surface area contributed by atoms with E-state index in [1.807, 2.05) is 0 Å². The molecule has 588 valence electrons. The van der Waals surface area contributed by atoms with Gasteiger partial charge in [-0.25, -0.2) is 34.1 Å². The van der Waals surface area contributed by atoms with Crippen LogP contribution in [0.25, 0.3) is 137 Å². The van der Waals surface area contributed by atoms with Crippen LogP contribution in [0.15, 0.2) is 127 Å². The predicted octanol–water partition coefficient (Wildman–Crippen LogP) is -3.58. The summed E-state index contributed by atoms with van der Waals surface area (Å²) in [4.78, 5) is 153. The lowest BCUT2D eigenvalue weighted by Gasteiger charge is -2.10. The summed E-state index contributed by atoms with van der Waals surface area (Å²) >= 11 is 0. The van der Waals surface area contributed by atoms with Crippen molar-refractivity contribution in [2.75, 3.05) is 0 Å². The minimum atomic E-state index is -1.68. The average molecular weight is 1610 g/mol. The Labute approximate surface area is 660 Å². The molecule has 7 aromatic heterocycles. The highest BCUT2D eigenvalue weighted by Crippen LogP contribution is 2.32. The van der Waals surface area contributed by atoms with Crippen LogP contribution in [0.3, 0.4) is 0 Å². The molecule has 49 nitrogen and oxygen atoms in total. The second-order valence-electron chi connectivity index (χ2n) is 24.2. The van der Waals surface area contributed by atoms with E-state index in [0.29, 0.717) is 0 Å². The number of carboxylic acids is 10. The van der Waals surface area contributed by atoms with E-state index in [2.05, 4.69) is 137 Å². The Morgan fingerprint density at radius 2 is 0.300 bits per heavy atom. The van der Waals surface area contributed by atoms with Gasteiger partial charge in [0.25, 0.3) is 0 Å². The van der Waals surface area contributed by atoms with E-state index >= 15 is 0 Å². The number of nitrogens with zero attached hydrogens (tertiary/aromatic N) is 27. The number of ketones is 2. The Balaban J connectivity index is 0.000000207. The van der Waals surface area contributed by atoms with Gasteiger partial charge < -0.3 is 79.8 Å². The van der Waals surface area contributed by atoms with Crippen LogP contribution in [0.5, 0.6) is 0 Å². The smallest absolute Gasteiger partial charge is 0.335 e. The number of benzene rings is 7. The van der Waals surface area contributed by atoms with Gasteiger partial charge in [0.2, 0.25) is 87.4 Å². The maximum Gasteiger partial charge on any atom is 0.335 e. The molecule has 120 heavy (non-hydrogen) atoms. The number of aromatic nitrogens is 27. The number of hydrogen-bond donors (Lipinski definition) is 4. The van der Waals surface area contributed by atoms with Crippen LogP contribution in [0.2, 0.25) is 0 Å². The van der Waals surface area contributed by atoms with Crippen molar-refractivity contribution in [3.05, 3.63) is 194 Å². The fourth-order valence-electron chi connectivity index (χ4n) is 10.5. The van der Waals surface area contributed by atoms with E-state index in [1.54, 1.807) is 0 Å². The summed E-state index contributed by atoms with van der Waals surface area (Å²) in [5, 5.41) is 203. The van der Waals surface area contributed by atoms with Gasteiger partial charge >= 0.3 is 23.9 Å². The molecule has 0 aliphatic heterocycles. The zero-order valence-electron chi connectivity index (χ0n) is 59.3. The summed E-state index contributed by atoms with van der Waals surface area (Å²) in [7, 11) is 0. The van der Waals surface area contributed by atoms with Crippen molar-refractivity contribution in [2.24, 2.45) is 0 Å². The third-order valence-corrected chi connectivity index (χ3v) is 16.2. The molecule has 14 rings (SSSR count). The number of Topliss-reactive ketones (excluding diaryl/α,β-unsaturated/α-hetero) is 2. The molecule has 0 spiro atoms. The maximum absolute atomic E-state index is 12.1. The Morgan fingerprint density at radius 3 is 0.442 bits per heavy atom. The van der Waals surface area contributed by atoms with Crippen LogP contribution in [-0.4, -0.2) is 229 Å². The normalized spacial score (nSPS) is 10.8. The van der Waals surface area contributed by atoms with Crippen molar-refractivity contribution in [3.8, 4) is 137 Å². The molecule has 0 bridgehead atoms. The molecule has 49 heteroatoms. The molecule has 0 amide bonds. The fourth-order valence-corrected chi connectivity index (χ4v) is 10.5. The minimum absolute atomic E-state index is 0.00968. The van der Waals surface area contributed by atoms with Crippen LogP contribution < -0.4 is 30.6 Å². The van der Waals surface area contributed by atoms with Gasteiger partial charge in [0.05, 0.1) is 58.1 Å². The Bertz CT molecular complexity index is 5450. The van der Waals surface area contributed by atoms with Crippen LogP contribution >= 0.6 is 0 Å².